The average molecular weight is 385 g/mol. The highest BCUT2D eigenvalue weighted by molar-refractivity contribution is 6.32. The molecule has 2 heterocycles. The zero-order chi connectivity index (χ0) is 19.0. The number of piperidine rings is 1. The molecule has 0 saturated carbocycles. The summed E-state index contributed by atoms with van der Waals surface area (Å²) in [6.45, 7) is 2.01. The van der Waals surface area contributed by atoms with E-state index in [-0.39, 0.29) is 29.6 Å². The highest BCUT2D eigenvalue weighted by Gasteiger charge is 2.50. The van der Waals surface area contributed by atoms with Crippen LogP contribution >= 0.6 is 11.6 Å². The van der Waals surface area contributed by atoms with Crippen LogP contribution in [-0.4, -0.2) is 49.1 Å². The van der Waals surface area contributed by atoms with Gasteiger partial charge in [-0.25, -0.2) is 14.1 Å². The number of carbonyl (C=O) groups is 3. The van der Waals surface area contributed by atoms with E-state index in [0.717, 1.165) is 11.0 Å². The van der Waals surface area contributed by atoms with Crippen LogP contribution in [0.4, 0.5) is 14.9 Å². The number of hydrogen-bond acceptors (Lipinski definition) is 5. The molecule has 0 bridgehead atoms. The summed E-state index contributed by atoms with van der Waals surface area (Å²) in [5.74, 6) is -2.07. The molecule has 0 aromatic heterocycles. The Morgan fingerprint density at radius 3 is 2.73 bits per heavy atom. The zero-order valence-corrected chi connectivity index (χ0v) is 15.1. The van der Waals surface area contributed by atoms with Crippen LogP contribution in [0.3, 0.4) is 0 Å². The molecule has 2 saturated heterocycles. The number of imide groups is 1. The minimum Gasteiger partial charge on any atom is -0.495 e. The van der Waals surface area contributed by atoms with Crippen LogP contribution in [0.1, 0.15) is 19.8 Å². The molecule has 9 heteroatoms. The van der Waals surface area contributed by atoms with Crippen molar-refractivity contribution in [1.82, 2.24) is 4.90 Å². The van der Waals surface area contributed by atoms with E-state index in [4.69, 9.17) is 21.1 Å². The van der Waals surface area contributed by atoms with E-state index < -0.39 is 35.7 Å². The Bertz CT molecular complexity index is 772. The lowest BCUT2D eigenvalue weighted by molar-refractivity contribution is -0.150. The van der Waals surface area contributed by atoms with Crippen LogP contribution in [0.15, 0.2) is 12.1 Å². The Morgan fingerprint density at radius 1 is 1.35 bits per heavy atom. The van der Waals surface area contributed by atoms with E-state index in [9.17, 15) is 18.8 Å². The maximum atomic E-state index is 14.4. The Morgan fingerprint density at radius 2 is 2.08 bits per heavy atom. The maximum absolute atomic E-state index is 14.4. The van der Waals surface area contributed by atoms with Crippen LogP contribution in [0.5, 0.6) is 5.75 Å². The summed E-state index contributed by atoms with van der Waals surface area (Å²) in [6, 6.07) is 0.829. The number of fused-ring (bicyclic) bond motifs is 1. The molecule has 2 aliphatic rings. The lowest BCUT2D eigenvalue weighted by atomic mass is 9.93. The average Bonchev–Trinajstić information content (AvgIpc) is 2.86. The summed E-state index contributed by atoms with van der Waals surface area (Å²) in [4.78, 5) is 39.5. The highest BCUT2D eigenvalue weighted by Crippen LogP contribution is 2.37. The fourth-order valence-electron chi connectivity index (χ4n) is 3.33. The van der Waals surface area contributed by atoms with Gasteiger partial charge in [-0.1, -0.05) is 11.6 Å². The van der Waals surface area contributed by atoms with Gasteiger partial charge in [0.15, 0.2) is 0 Å². The first-order valence-corrected chi connectivity index (χ1v) is 8.61. The van der Waals surface area contributed by atoms with Gasteiger partial charge in [0.25, 0.3) is 5.91 Å². The smallest absolute Gasteiger partial charge is 0.332 e. The molecule has 3 amide bonds. The SMILES string of the molecule is CCOC(=O)C1CCC2C(=O)N(c3cc(OC)c(Cl)cc3F)C(=O)N2C1. The van der Waals surface area contributed by atoms with Crippen molar-refractivity contribution in [2.75, 3.05) is 25.2 Å². The van der Waals surface area contributed by atoms with Crippen LogP contribution in [0.2, 0.25) is 5.02 Å². The second-order valence-electron chi connectivity index (χ2n) is 6.09. The van der Waals surface area contributed by atoms with Crippen LogP contribution in [-0.2, 0) is 14.3 Å². The number of nitrogens with zero attached hydrogens (tertiary/aromatic N) is 2. The molecule has 140 valence electrons. The van der Waals surface area contributed by atoms with E-state index in [0.29, 0.717) is 12.8 Å². The third-order valence-electron chi connectivity index (χ3n) is 4.61. The Labute approximate surface area is 154 Å². The summed E-state index contributed by atoms with van der Waals surface area (Å²) >= 11 is 5.87. The van der Waals surface area contributed by atoms with Gasteiger partial charge >= 0.3 is 12.0 Å². The topological polar surface area (TPSA) is 76.1 Å². The minimum atomic E-state index is -0.806. The molecule has 0 spiro atoms. The first-order chi connectivity index (χ1) is 12.4. The summed E-state index contributed by atoms with van der Waals surface area (Å²) in [5.41, 5.74) is -0.219. The molecule has 2 fully saturated rings. The quantitative estimate of drug-likeness (QED) is 0.589. The first kappa shape index (κ1) is 18.4. The number of amides is 3. The van der Waals surface area contributed by atoms with Crippen molar-refractivity contribution < 1.29 is 28.2 Å². The van der Waals surface area contributed by atoms with Gasteiger partial charge in [0, 0.05) is 12.6 Å². The van der Waals surface area contributed by atoms with Gasteiger partial charge in [0.2, 0.25) is 0 Å². The summed E-state index contributed by atoms with van der Waals surface area (Å²) in [5, 5.41) is 0.0351. The summed E-state index contributed by atoms with van der Waals surface area (Å²) in [6.07, 6.45) is 0.746. The van der Waals surface area contributed by atoms with Crippen molar-refractivity contribution in [3.05, 3.63) is 23.0 Å². The van der Waals surface area contributed by atoms with E-state index in [1.807, 2.05) is 0 Å². The molecule has 2 atom stereocenters. The van der Waals surface area contributed by atoms with Gasteiger partial charge in [-0.15, -0.1) is 0 Å². The normalized spacial score (nSPS) is 22.5. The van der Waals surface area contributed by atoms with Crippen molar-refractivity contribution in [3.8, 4) is 5.75 Å². The van der Waals surface area contributed by atoms with Crippen molar-refractivity contribution in [2.24, 2.45) is 5.92 Å². The fourth-order valence-corrected chi connectivity index (χ4v) is 3.56. The Kier molecular flexibility index (Phi) is 5.04. The molecule has 7 nitrogen and oxygen atoms in total. The third-order valence-corrected chi connectivity index (χ3v) is 4.90. The number of methoxy groups -OCH3 is 1. The second kappa shape index (κ2) is 7.11. The summed E-state index contributed by atoms with van der Waals surface area (Å²) in [7, 11) is 1.35. The molecule has 0 aliphatic carbocycles. The molecular weight excluding hydrogens is 367 g/mol. The van der Waals surface area contributed by atoms with Gasteiger partial charge in [-0.3, -0.25) is 9.59 Å². The molecule has 0 radical (unpaired) electrons. The predicted molar refractivity (Wildman–Crippen MR) is 90.7 cm³/mol. The number of esters is 1. The molecular formula is C17H18ClFN2O5. The number of urea groups is 1. The number of carbonyl (C=O) groups excluding carboxylic acids is 3. The molecule has 1 aromatic rings. The van der Waals surface area contributed by atoms with Gasteiger partial charge in [0.1, 0.15) is 17.6 Å². The maximum Gasteiger partial charge on any atom is 0.332 e. The Balaban J connectivity index is 1.90. The van der Waals surface area contributed by atoms with Crippen molar-refractivity contribution in [3.63, 3.8) is 0 Å². The standard InChI is InChI=1S/C17H18ClFN2O5/c1-3-26-16(23)9-4-5-12-15(22)21(17(24)20(12)8-9)13-7-14(25-2)10(18)6-11(13)19/h6-7,9,12H,3-5,8H2,1-2H3. The lowest BCUT2D eigenvalue weighted by Crippen LogP contribution is -2.45. The van der Waals surface area contributed by atoms with E-state index in [1.165, 1.54) is 18.1 Å². The number of benzene rings is 1. The van der Waals surface area contributed by atoms with Gasteiger partial charge in [0.05, 0.1) is 30.3 Å². The Hall–Kier alpha value is -2.35. The molecule has 0 N–H and O–H groups in total. The highest BCUT2D eigenvalue weighted by atomic mass is 35.5. The molecule has 2 unspecified atom stereocenters. The molecule has 26 heavy (non-hydrogen) atoms. The van der Waals surface area contributed by atoms with E-state index >= 15 is 0 Å². The van der Waals surface area contributed by atoms with Crippen LogP contribution < -0.4 is 9.64 Å². The fraction of sp³-hybridized carbons (Fsp3) is 0.471. The van der Waals surface area contributed by atoms with E-state index in [1.54, 1.807) is 6.92 Å². The van der Waals surface area contributed by atoms with E-state index in [2.05, 4.69) is 0 Å². The van der Waals surface area contributed by atoms with Crippen molar-refractivity contribution in [2.45, 2.75) is 25.8 Å². The van der Waals surface area contributed by atoms with Crippen molar-refractivity contribution in [1.29, 1.82) is 0 Å². The lowest BCUT2D eigenvalue weighted by Gasteiger charge is -2.31. The number of hydrogen-bond donors (Lipinski definition) is 0. The van der Waals surface area contributed by atoms with Crippen LogP contribution in [0.25, 0.3) is 0 Å². The minimum absolute atomic E-state index is 0.0351. The number of anilines is 1. The van der Waals surface area contributed by atoms with Gasteiger partial charge < -0.3 is 14.4 Å². The molecule has 1 aromatic carbocycles. The van der Waals surface area contributed by atoms with Gasteiger partial charge in [-0.05, 0) is 25.8 Å². The first-order valence-electron chi connectivity index (χ1n) is 8.23. The second-order valence-corrected chi connectivity index (χ2v) is 6.50. The molecule has 3 rings (SSSR count). The van der Waals surface area contributed by atoms with Crippen molar-refractivity contribution >= 4 is 35.2 Å². The number of rotatable bonds is 4. The largest absolute Gasteiger partial charge is 0.495 e. The summed E-state index contributed by atoms with van der Waals surface area (Å²) < 4.78 is 24.4. The number of ether oxygens (including phenoxy) is 2. The van der Waals surface area contributed by atoms with Gasteiger partial charge in [-0.2, -0.15) is 0 Å². The third kappa shape index (κ3) is 2.98. The monoisotopic (exact) mass is 384 g/mol. The zero-order valence-electron chi connectivity index (χ0n) is 14.3. The van der Waals surface area contributed by atoms with Crippen LogP contribution in [0, 0.1) is 11.7 Å². The predicted octanol–water partition coefficient (Wildman–Crippen LogP) is 2.60. The molecule has 2 aliphatic heterocycles. The number of halogens is 2.